The number of hydrogen-bond donors (Lipinski definition) is 2. The molecule has 1 atom stereocenters. The summed E-state index contributed by atoms with van der Waals surface area (Å²) in [5.41, 5.74) is 3.14. The Kier molecular flexibility index (Phi) is 3.91. The molecule has 0 saturated carbocycles. The van der Waals surface area contributed by atoms with E-state index in [9.17, 15) is 0 Å². The lowest BCUT2D eigenvalue weighted by Crippen LogP contribution is -2.50. The summed E-state index contributed by atoms with van der Waals surface area (Å²) >= 11 is 0. The number of hydrogen-bond acceptors (Lipinski definition) is 2. The first-order valence-electron chi connectivity index (χ1n) is 7.39. The third-order valence-electron chi connectivity index (χ3n) is 3.95. The van der Waals surface area contributed by atoms with E-state index in [1.54, 1.807) is 0 Å². The number of anilines is 1. The fourth-order valence-corrected chi connectivity index (χ4v) is 2.98. The van der Waals surface area contributed by atoms with E-state index >= 15 is 0 Å². The lowest BCUT2D eigenvalue weighted by molar-refractivity contribution is 0.286. The molecule has 1 fully saturated rings. The molecule has 19 heavy (non-hydrogen) atoms. The van der Waals surface area contributed by atoms with Crippen LogP contribution in [0, 0.1) is 0 Å². The second kappa shape index (κ2) is 5.16. The van der Waals surface area contributed by atoms with Crippen LogP contribution in [0.5, 0.6) is 0 Å². The first kappa shape index (κ1) is 14.4. The quantitative estimate of drug-likeness (QED) is 0.842. The van der Waals surface area contributed by atoms with Crippen molar-refractivity contribution in [3.8, 4) is 0 Å². The SMILES string of the molecule is CC1(C)CC(Nc2ccccc2C(C)(C)C)CCN1. The highest BCUT2D eigenvalue weighted by molar-refractivity contribution is 5.54. The van der Waals surface area contributed by atoms with Gasteiger partial charge < -0.3 is 10.6 Å². The number of benzene rings is 1. The normalized spacial score (nSPS) is 23.1. The highest BCUT2D eigenvalue weighted by atomic mass is 15.0. The molecule has 2 rings (SSSR count). The van der Waals surface area contributed by atoms with Gasteiger partial charge in [0, 0.05) is 17.3 Å². The third-order valence-corrected chi connectivity index (χ3v) is 3.95. The first-order valence-corrected chi connectivity index (χ1v) is 7.39. The van der Waals surface area contributed by atoms with Crippen molar-refractivity contribution in [3.05, 3.63) is 29.8 Å². The first-order chi connectivity index (χ1) is 8.78. The molecule has 2 N–H and O–H groups in total. The molecule has 106 valence electrons. The zero-order valence-electron chi connectivity index (χ0n) is 13.0. The van der Waals surface area contributed by atoms with Gasteiger partial charge in [-0.2, -0.15) is 0 Å². The Morgan fingerprint density at radius 2 is 1.89 bits per heavy atom. The zero-order valence-corrected chi connectivity index (χ0v) is 13.0. The molecule has 0 radical (unpaired) electrons. The van der Waals surface area contributed by atoms with Crippen molar-refractivity contribution in [3.63, 3.8) is 0 Å². The Morgan fingerprint density at radius 3 is 2.53 bits per heavy atom. The Morgan fingerprint density at radius 1 is 1.21 bits per heavy atom. The summed E-state index contributed by atoms with van der Waals surface area (Å²) in [6, 6.07) is 9.30. The van der Waals surface area contributed by atoms with Gasteiger partial charge in [0.1, 0.15) is 0 Å². The van der Waals surface area contributed by atoms with Gasteiger partial charge in [-0.05, 0) is 50.3 Å². The predicted octanol–water partition coefficient (Wildman–Crippen LogP) is 3.93. The van der Waals surface area contributed by atoms with Crippen molar-refractivity contribution >= 4 is 5.69 Å². The number of para-hydroxylation sites is 1. The summed E-state index contributed by atoms with van der Waals surface area (Å²) in [5, 5.41) is 7.35. The second-order valence-electron chi connectivity index (χ2n) is 7.44. The Bertz CT molecular complexity index is 429. The highest BCUT2D eigenvalue weighted by Crippen LogP contribution is 2.31. The lowest BCUT2D eigenvalue weighted by atomic mass is 9.84. The maximum Gasteiger partial charge on any atom is 0.0380 e. The van der Waals surface area contributed by atoms with Crippen LogP contribution in [-0.2, 0) is 5.41 Å². The topological polar surface area (TPSA) is 24.1 Å². The van der Waals surface area contributed by atoms with Crippen LogP contribution < -0.4 is 10.6 Å². The molecule has 1 saturated heterocycles. The van der Waals surface area contributed by atoms with Gasteiger partial charge in [-0.1, -0.05) is 39.0 Å². The van der Waals surface area contributed by atoms with Crippen molar-refractivity contribution in [2.75, 3.05) is 11.9 Å². The highest BCUT2D eigenvalue weighted by Gasteiger charge is 2.28. The molecule has 1 aromatic rings. The maximum absolute atomic E-state index is 3.77. The average molecular weight is 260 g/mol. The van der Waals surface area contributed by atoms with Crippen LogP contribution in [0.1, 0.15) is 53.0 Å². The molecule has 0 amide bonds. The molecule has 2 heteroatoms. The standard InChI is InChI=1S/C17H28N2/c1-16(2,3)14-8-6-7-9-15(14)19-13-10-11-18-17(4,5)12-13/h6-9,13,18-19H,10-12H2,1-5H3. The fourth-order valence-electron chi connectivity index (χ4n) is 2.98. The minimum atomic E-state index is 0.187. The molecule has 1 aliphatic heterocycles. The molecule has 0 spiro atoms. The third kappa shape index (κ3) is 3.73. The van der Waals surface area contributed by atoms with Gasteiger partial charge in [-0.15, -0.1) is 0 Å². The number of piperidine rings is 1. The Labute approximate surface area is 118 Å². The Balaban J connectivity index is 2.15. The molecule has 2 nitrogen and oxygen atoms in total. The average Bonchev–Trinajstić information content (AvgIpc) is 2.26. The summed E-state index contributed by atoms with van der Waals surface area (Å²) in [7, 11) is 0. The van der Waals surface area contributed by atoms with Gasteiger partial charge in [0.05, 0.1) is 0 Å². The van der Waals surface area contributed by atoms with E-state index in [4.69, 9.17) is 0 Å². The summed E-state index contributed by atoms with van der Waals surface area (Å²) < 4.78 is 0. The predicted molar refractivity (Wildman–Crippen MR) is 83.9 cm³/mol. The van der Waals surface area contributed by atoms with Gasteiger partial charge in [-0.3, -0.25) is 0 Å². The van der Waals surface area contributed by atoms with Gasteiger partial charge in [0.25, 0.3) is 0 Å². The summed E-state index contributed by atoms with van der Waals surface area (Å²) in [4.78, 5) is 0. The number of rotatable bonds is 2. The van der Waals surface area contributed by atoms with Crippen molar-refractivity contribution in [2.24, 2.45) is 0 Å². The molecular formula is C17H28N2. The molecule has 1 heterocycles. The molecule has 0 aliphatic carbocycles. The van der Waals surface area contributed by atoms with Crippen LogP contribution in [0.2, 0.25) is 0 Å². The smallest absolute Gasteiger partial charge is 0.0380 e. The van der Waals surface area contributed by atoms with Crippen LogP contribution in [0.15, 0.2) is 24.3 Å². The van der Waals surface area contributed by atoms with Crippen LogP contribution in [0.4, 0.5) is 5.69 Å². The van der Waals surface area contributed by atoms with Crippen LogP contribution in [0.25, 0.3) is 0 Å². The van der Waals surface area contributed by atoms with Gasteiger partial charge >= 0.3 is 0 Å². The molecule has 1 unspecified atom stereocenters. The van der Waals surface area contributed by atoms with E-state index in [0.717, 1.165) is 6.54 Å². The van der Waals surface area contributed by atoms with E-state index in [0.29, 0.717) is 6.04 Å². The van der Waals surface area contributed by atoms with E-state index < -0.39 is 0 Å². The summed E-state index contributed by atoms with van der Waals surface area (Å²) in [6.45, 7) is 12.5. The van der Waals surface area contributed by atoms with Gasteiger partial charge in [0.15, 0.2) is 0 Å². The van der Waals surface area contributed by atoms with Gasteiger partial charge in [-0.25, -0.2) is 0 Å². The zero-order chi connectivity index (χ0) is 14.1. The van der Waals surface area contributed by atoms with Crippen molar-refractivity contribution < 1.29 is 0 Å². The van der Waals surface area contributed by atoms with Crippen LogP contribution in [-0.4, -0.2) is 18.1 Å². The van der Waals surface area contributed by atoms with E-state index in [1.165, 1.54) is 24.1 Å². The van der Waals surface area contributed by atoms with Crippen LogP contribution >= 0.6 is 0 Å². The summed E-state index contributed by atoms with van der Waals surface area (Å²) in [5.74, 6) is 0. The van der Waals surface area contributed by atoms with Gasteiger partial charge in [0.2, 0.25) is 0 Å². The molecule has 1 aromatic carbocycles. The second-order valence-corrected chi connectivity index (χ2v) is 7.44. The minimum absolute atomic E-state index is 0.187. The largest absolute Gasteiger partial charge is 0.382 e. The molecule has 0 aromatic heterocycles. The summed E-state index contributed by atoms with van der Waals surface area (Å²) in [6.07, 6.45) is 2.37. The van der Waals surface area contributed by atoms with E-state index in [-0.39, 0.29) is 11.0 Å². The fraction of sp³-hybridized carbons (Fsp3) is 0.647. The molecular weight excluding hydrogens is 232 g/mol. The lowest BCUT2D eigenvalue weighted by Gasteiger charge is -2.38. The van der Waals surface area contributed by atoms with Crippen LogP contribution in [0.3, 0.4) is 0 Å². The Hall–Kier alpha value is -1.02. The number of nitrogens with one attached hydrogen (secondary N) is 2. The maximum atomic E-state index is 3.77. The molecule has 1 aliphatic rings. The van der Waals surface area contributed by atoms with Crippen molar-refractivity contribution in [1.82, 2.24) is 5.32 Å². The van der Waals surface area contributed by atoms with E-state index in [2.05, 4.69) is 69.5 Å². The van der Waals surface area contributed by atoms with E-state index in [1.807, 2.05) is 0 Å². The monoisotopic (exact) mass is 260 g/mol. The van der Waals surface area contributed by atoms with Crippen molar-refractivity contribution in [1.29, 1.82) is 0 Å². The minimum Gasteiger partial charge on any atom is -0.382 e. The van der Waals surface area contributed by atoms with Crippen molar-refractivity contribution in [2.45, 2.75) is 64.5 Å². The molecule has 0 bridgehead atoms.